The SMILES string of the molecule is O=C(Cc1cnccn1)c1ccc(F)c(Cl)c1. The van der Waals surface area contributed by atoms with Gasteiger partial charge in [0.05, 0.1) is 17.1 Å². The Bertz CT molecular complexity index is 545. The topological polar surface area (TPSA) is 42.9 Å². The lowest BCUT2D eigenvalue weighted by molar-refractivity contribution is 0.0992. The Kier molecular flexibility index (Phi) is 3.44. The van der Waals surface area contributed by atoms with E-state index in [-0.39, 0.29) is 17.2 Å². The van der Waals surface area contributed by atoms with Crippen molar-refractivity contribution in [1.29, 1.82) is 0 Å². The van der Waals surface area contributed by atoms with Gasteiger partial charge in [0.15, 0.2) is 5.78 Å². The van der Waals surface area contributed by atoms with E-state index in [2.05, 4.69) is 9.97 Å². The highest BCUT2D eigenvalue weighted by atomic mass is 35.5. The summed E-state index contributed by atoms with van der Waals surface area (Å²) in [4.78, 5) is 19.7. The van der Waals surface area contributed by atoms with Crippen LogP contribution >= 0.6 is 11.6 Å². The Labute approximate surface area is 102 Å². The lowest BCUT2D eigenvalue weighted by atomic mass is 10.1. The first-order valence-corrected chi connectivity index (χ1v) is 5.28. The number of Topliss-reactive ketones (excluding diaryl/α,β-unsaturated/α-hetero) is 1. The van der Waals surface area contributed by atoms with Crippen LogP contribution in [0.15, 0.2) is 36.8 Å². The normalized spacial score (nSPS) is 10.2. The molecule has 0 aliphatic carbocycles. The van der Waals surface area contributed by atoms with Gasteiger partial charge in [0.2, 0.25) is 0 Å². The van der Waals surface area contributed by atoms with E-state index in [0.29, 0.717) is 11.3 Å². The van der Waals surface area contributed by atoms with Gasteiger partial charge in [0.1, 0.15) is 5.82 Å². The van der Waals surface area contributed by atoms with E-state index in [1.165, 1.54) is 36.8 Å². The molecular weight excluding hydrogens is 243 g/mol. The van der Waals surface area contributed by atoms with Crippen LogP contribution in [0.3, 0.4) is 0 Å². The highest BCUT2D eigenvalue weighted by molar-refractivity contribution is 6.31. The van der Waals surface area contributed by atoms with E-state index in [0.717, 1.165) is 0 Å². The molecule has 1 aromatic carbocycles. The molecule has 0 spiro atoms. The van der Waals surface area contributed by atoms with Crippen LogP contribution in [0, 0.1) is 5.82 Å². The van der Waals surface area contributed by atoms with Crippen LogP contribution < -0.4 is 0 Å². The average molecular weight is 251 g/mol. The molecule has 0 N–H and O–H groups in total. The summed E-state index contributed by atoms with van der Waals surface area (Å²) in [6.45, 7) is 0. The van der Waals surface area contributed by atoms with Gasteiger partial charge in [-0.25, -0.2) is 4.39 Å². The number of rotatable bonds is 3. The van der Waals surface area contributed by atoms with Crippen molar-refractivity contribution < 1.29 is 9.18 Å². The van der Waals surface area contributed by atoms with Gasteiger partial charge >= 0.3 is 0 Å². The molecule has 1 heterocycles. The molecule has 5 heteroatoms. The van der Waals surface area contributed by atoms with Gasteiger partial charge in [-0.2, -0.15) is 0 Å². The van der Waals surface area contributed by atoms with Crippen LogP contribution in [-0.2, 0) is 6.42 Å². The van der Waals surface area contributed by atoms with Crippen LogP contribution in [0.25, 0.3) is 0 Å². The molecule has 0 unspecified atom stereocenters. The summed E-state index contributed by atoms with van der Waals surface area (Å²) in [5.74, 6) is -0.713. The maximum atomic E-state index is 12.9. The maximum Gasteiger partial charge on any atom is 0.168 e. The number of nitrogens with zero attached hydrogens (tertiary/aromatic N) is 2. The molecule has 2 aromatic rings. The lowest BCUT2D eigenvalue weighted by Crippen LogP contribution is -2.05. The molecule has 0 fully saturated rings. The minimum absolute atomic E-state index is 0.0602. The van der Waals surface area contributed by atoms with Crippen LogP contribution in [0.4, 0.5) is 4.39 Å². The predicted octanol–water partition coefficient (Wildman–Crippen LogP) is 2.69. The van der Waals surface area contributed by atoms with Crippen LogP contribution in [0.2, 0.25) is 5.02 Å². The van der Waals surface area contributed by atoms with Crippen molar-refractivity contribution >= 4 is 17.4 Å². The molecule has 0 aliphatic heterocycles. The van der Waals surface area contributed by atoms with Crippen molar-refractivity contribution in [3.63, 3.8) is 0 Å². The molecule has 0 atom stereocenters. The number of hydrogen-bond acceptors (Lipinski definition) is 3. The summed E-state index contributed by atoms with van der Waals surface area (Å²) in [5, 5.41) is -0.0602. The fourth-order valence-corrected chi connectivity index (χ4v) is 1.54. The van der Waals surface area contributed by atoms with Gasteiger partial charge in [0, 0.05) is 24.2 Å². The third-order valence-corrected chi connectivity index (χ3v) is 2.49. The van der Waals surface area contributed by atoms with Gasteiger partial charge in [-0.1, -0.05) is 11.6 Å². The summed E-state index contributed by atoms with van der Waals surface area (Å²) in [6, 6.07) is 3.89. The van der Waals surface area contributed by atoms with Gasteiger partial charge in [-0.05, 0) is 18.2 Å². The molecule has 86 valence electrons. The zero-order valence-electron chi connectivity index (χ0n) is 8.73. The molecule has 0 bridgehead atoms. The number of ketones is 1. The highest BCUT2D eigenvalue weighted by Crippen LogP contribution is 2.17. The van der Waals surface area contributed by atoms with Crippen molar-refractivity contribution in [2.45, 2.75) is 6.42 Å². The van der Waals surface area contributed by atoms with E-state index in [9.17, 15) is 9.18 Å². The zero-order chi connectivity index (χ0) is 12.3. The van der Waals surface area contributed by atoms with Crippen LogP contribution in [0.5, 0.6) is 0 Å². The first kappa shape index (κ1) is 11.7. The second kappa shape index (κ2) is 5.01. The summed E-state index contributed by atoms with van der Waals surface area (Å²) in [7, 11) is 0. The molecule has 0 aliphatic rings. The van der Waals surface area contributed by atoms with Crippen LogP contribution in [-0.4, -0.2) is 15.8 Å². The highest BCUT2D eigenvalue weighted by Gasteiger charge is 2.10. The van der Waals surface area contributed by atoms with Crippen molar-refractivity contribution in [1.82, 2.24) is 9.97 Å². The number of aromatic nitrogens is 2. The average Bonchev–Trinajstić information content (AvgIpc) is 2.34. The van der Waals surface area contributed by atoms with Gasteiger partial charge in [0.25, 0.3) is 0 Å². The summed E-state index contributed by atoms with van der Waals surface area (Å²) in [5.41, 5.74) is 0.931. The third kappa shape index (κ3) is 2.85. The predicted molar refractivity (Wildman–Crippen MR) is 61.5 cm³/mol. The van der Waals surface area contributed by atoms with Crippen molar-refractivity contribution in [3.8, 4) is 0 Å². The quantitative estimate of drug-likeness (QED) is 0.787. The van der Waals surface area contributed by atoms with Gasteiger partial charge in [-0.15, -0.1) is 0 Å². The van der Waals surface area contributed by atoms with Gasteiger partial charge in [-0.3, -0.25) is 14.8 Å². The molecule has 0 saturated carbocycles. The number of carbonyl (C=O) groups is 1. The number of benzene rings is 1. The second-order valence-corrected chi connectivity index (χ2v) is 3.83. The van der Waals surface area contributed by atoms with Crippen LogP contribution in [0.1, 0.15) is 16.1 Å². The standard InChI is InChI=1S/C12H8ClFN2O/c13-10-5-8(1-2-11(10)14)12(17)6-9-7-15-3-4-16-9/h1-5,7H,6H2. The number of carbonyl (C=O) groups excluding carboxylic acids is 1. The number of hydrogen-bond donors (Lipinski definition) is 0. The van der Waals surface area contributed by atoms with E-state index < -0.39 is 5.82 Å². The van der Waals surface area contributed by atoms with Crippen molar-refractivity contribution in [3.05, 3.63) is 58.9 Å². The fraction of sp³-hybridized carbons (Fsp3) is 0.0833. The molecule has 17 heavy (non-hydrogen) atoms. The molecular formula is C12H8ClFN2O. The smallest absolute Gasteiger partial charge is 0.168 e. The van der Waals surface area contributed by atoms with Crippen molar-refractivity contribution in [2.24, 2.45) is 0 Å². The largest absolute Gasteiger partial charge is 0.294 e. The Balaban J connectivity index is 2.18. The molecule has 0 amide bonds. The summed E-state index contributed by atoms with van der Waals surface area (Å²) >= 11 is 5.61. The Morgan fingerprint density at radius 1 is 1.35 bits per heavy atom. The van der Waals surface area contributed by atoms with E-state index in [1.807, 2.05) is 0 Å². The van der Waals surface area contributed by atoms with E-state index in [1.54, 1.807) is 0 Å². The minimum atomic E-state index is -0.539. The van der Waals surface area contributed by atoms with E-state index >= 15 is 0 Å². The zero-order valence-corrected chi connectivity index (χ0v) is 9.49. The minimum Gasteiger partial charge on any atom is -0.294 e. The lowest BCUT2D eigenvalue weighted by Gasteiger charge is -2.01. The molecule has 2 rings (SSSR count). The van der Waals surface area contributed by atoms with E-state index in [4.69, 9.17) is 11.6 Å². The fourth-order valence-electron chi connectivity index (χ4n) is 1.36. The maximum absolute atomic E-state index is 12.9. The molecule has 1 aromatic heterocycles. The number of halogens is 2. The second-order valence-electron chi connectivity index (χ2n) is 3.43. The van der Waals surface area contributed by atoms with Crippen molar-refractivity contribution in [2.75, 3.05) is 0 Å². The molecule has 0 radical (unpaired) electrons. The summed E-state index contributed by atoms with van der Waals surface area (Å²) in [6.07, 6.45) is 4.68. The first-order valence-electron chi connectivity index (χ1n) is 4.90. The molecule has 3 nitrogen and oxygen atoms in total. The Morgan fingerprint density at radius 2 is 2.18 bits per heavy atom. The van der Waals surface area contributed by atoms with Gasteiger partial charge < -0.3 is 0 Å². The Morgan fingerprint density at radius 3 is 2.82 bits per heavy atom. The summed E-state index contributed by atoms with van der Waals surface area (Å²) < 4.78 is 12.9. The monoisotopic (exact) mass is 250 g/mol. The first-order chi connectivity index (χ1) is 8.16. The third-order valence-electron chi connectivity index (χ3n) is 2.20. The Hall–Kier alpha value is -1.81. The molecule has 0 saturated heterocycles.